The summed E-state index contributed by atoms with van der Waals surface area (Å²) in [7, 11) is 0. The summed E-state index contributed by atoms with van der Waals surface area (Å²) in [5, 5.41) is 0. The summed E-state index contributed by atoms with van der Waals surface area (Å²) in [6.07, 6.45) is 37.7. The first kappa shape index (κ1) is 59.3. The van der Waals surface area contributed by atoms with Gasteiger partial charge in [0.1, 0.15) is 0 Å². The molecule has 5 heterocycles. The van der Waals surface area contributed by atoms with Crippen molar-refractivity contribution in [3.05, 3.63) is 69.3 Å². The SMILES string of the molecule is CCCN(CCC)CCCCCc1c2nc(c(CCCCCN(CCC)CCC)c3ccc([nH]3)c(CCCCCN(CCC)CCC)c3ccc([nH]3)c(CCCCCN(CCC)CCC)c3nc1C=C3)C=C2. The van der Waals surface area contributed by atoms with Gasteiger partial charge in [0, 0.05) is 38.8 Å². The fourth-order valence-electron chi connectivity index (χ4n) is 11.6. The van der Waals surface area contributed by atoms with E-state index in [1.807, 2.05) is 0 Å². The van der Waals surface area contributed by atoms with Crippen molar-refractivity contribution in [1.29, 1.82) is 0 Å². The Hall–Kier alpha value is -3.56. The molecule has 0 radical (unpaired) electrons. The van der Waals surface area contributed by atoms with Crippen LogP contribution in [0, 0.1) is 0 Å². The van der Waals surface area contributed by atoms with Crippen LogP contribution in [0.1, 0.15) is 229 Å². The van der Waals surface area contributed by atoms with Crippen LogP contribution in [0.4, 0.5) is 0 Å². The first-order valence-electron chi connectivity index (χ1n) is 30.4. The fourth-order valence-corrected chi connectivity index (χ4v) is 11.6. The first-order valence-corrected chi connectivity index (χ1v) is 30.4. The molecule has 0 aliphatic carbocycles. The Bertz CT molecular complexity index is 2030. The van der Waals surface area contributed by atoms with Crippen molar-refractivity contribution < 1.29 is 0 Å². The molecule has 0 amide bonds. The summed E-state index contributed by atoms with van der Waals surface area (Å²) < 4.78 is 0. The number of H-pyrrole nitrogens is 2. The van der Waals surface area contributed by atoms with E-state index in [1.165, 1.54) is 232 Å². The normalized spacial score (nSPS) is 12.6. The van der Waals surface area contributed by atoms with Gasteiger partial charge in [0.05, 0.1) is 22.8 Å². The van der Waals surface area contributed by atoms with Gasteiger partial charge in [-0.2, -0.15) is 0 Å². The van der Waals surface area contributed by atoms with Crippen LogP contribution < -0.4 is 0 Å². The lowest BCUT2D eigenvalue weighted by atomic mass is 10.0. The molecule has 0 spiro atoms. The molecule has 2 N–H and O–H groups in total. The minimum Gasteiger partial charge on any atom is -0.355 e. The quantitative estimate of drug-likeness (QED) is 0.0381. The standard InChI is InChI=1S/C64H106N8/c1-9-41-69(42-10-2)49-25-17-21-29-53-57-33-35-59(65-57)54(30-22-18-26-50-70(43-11-3)44-12-4)61-37-39-63(67-61)56(32-24-20-28-52-72(47-15-7)48-16-8)64-40-38-62(68-64)55(60-36-34-58(53)66-60)31-23-19-27-51-71(45-13-5)46-14-6/h33-40,65-66H,9-32,41-52H2,1-8H3. The van der Waals surface area contributed by atoms with Gasteiger partial charge in [-0.1, -0.05) is 81.1 Å². The summed E-state index contributed by atoms with van der Waals surface area (Å²) in [4.78, 5) is 30.0. The van der Waals surface area contributed by atoms with Crippen molar-refractivity contribution >= 4 is 46.4 Å². The van der Waals surface area contributed by atoms with Crippen molar-refractivity contribution in [3.8, 4) is 0 Å². The van der Waals surface area contributed by atoms with Gasteiger partial charge in [0.25, 0.3) is 0 Å². The second kappa shape index (κ2) is 34.8. The van der Waals surface area contributed by atoms with Gasteiger partial charge in [0.2, 0.25) is 0 Å². The van der Waals surface area contributed by atoms with Crippen molar-refractivity contribution in [2.45, 2.75) is 209 Å². The number of rotatable bonds is 40. The largest absolute Gasteiger partial charge is 0.355 e. The number of fused-ring (bicyclic) bond motifs is 8. The fraction of sp³-hybridized carbons (Fsp3) is 0.688. The molecule has 0 aromatic carbocycles. The molecule has 0 saturated heterocycles. The molecule has 8 bridgehead atoms. The molecule has 8 heteroatoms. The zero-order valence-corrected chi connectivity index (χ0v) is 47.8. The van der Waals surface area contributed by atoms with E-state index in [-0.39, 0.29) is 0 Å². The molecule has 8 nitrogen and oxygen atoms in total. The molecule has 0 saturated carbocycles. The van der Waals surface area contributed by atoms with E-state index in [1.54, 1.807) is 0 Å². The van der Waals surface area contributed by atoms with E-state index in [0.29, 0.717) is 0 Å². The van der Waals surface area contributed by atoms with Crippen molar-refractivity contribution in [2.75, 3.05) is 78.5 Å². The molecule has 2 aliphatic rings. The average molecular weight is 988 g/mol. The highest BCUT2D eigenvalue weighted by molar-refractivity contribution is 5.83. The lowest BCUT2D eigenvalue weighted by molar-refractivity contribution is 0.268. The molecular weight excluding hydrogens is 881 g/mol. The van der Waals surface area contributed by atoms with Crippen molar-refractivity contribution in [1.82, 2.24) is 39.5 Å². The Labute approximate surface area is 441 Å². The van der Waals surface area contributed by atoms with Crippen LogP contribution in [0.2, 0.25) is 0 Å². The van der Waals surface area contributed by atoms with Crippen molar-refractivity contribution in [2.24, 2.45) is 0 Å². The number of unbranched alkanes of at least 4 members (excludes halogenated alkanes) is 8. The Morgan fingerprint density at radius 2 is 0.514 bits per heavy atom. The van der Waals surface area contributed by atoms with E-state index in [2.05, 4.69) is 134 Å². The van der Waals surface area contributed by atoms with Crippen LogP contribution in [0.5, 0.6) is 0 Å². The number of aryl methyl sites for hydroxylation is 3. The molecular formula is C64H106N8. The number of hydrogen-bond acceptors (Lipinski definition) is 6. The van der Waals surface area contributed by atoms with Crippen LogP contribution >= 0.6 is 0 Å². The van der Waals surface area contributed by atoms with E-state index >= 15 is 0 Å². The molecule has 402 valence electrons. The molecule has 72 heavy (non-hydrogen) atoms. The predicted octanol–water partition coefficient (Wildman–Crippen LogP) is 16.0. The zero-order valence-electron chi connectivity index (χ0n) is 47.8. The minimum absolute atomic E-state index is 0.990. The predicted molar refractivity (Wildman–Crippen MR) is 317 cm³/mol. The van der Waals surface area contributed by atoms with Crippen LogP contribution in [0.25, 0.3) is 46.4 Å². The topological polar surface area (TPSA) is 70.3 Å². The zero-order chi connectivity index (χ0) is 51.2. The van der Waals surface area contributed by atoms with Gasteiger partial charge >= 0.3 is 0 Å². The highest BCUT2D eigenvalue weighted by atomic mass is 15.1. The van der Waals surface area contributed by atoms with Gasteiger partial charge in [-0.05, 0) is 261 Å². The molecule has 3 aromatic rings. The first-order chi connectivity index (χ1) is 35.4. The summed E-state index contributed by atoms with van der Waals surface area (Å²) in [5.41, 5.74) is 14.8. The highest BCUT2D eigenvalue weighted by Crippen LogP contribution is 2.30. The summed E-state index contributed by atoms with van der Waals surface area (Å²) in [5.74, 6) is 0. The van der Waals surface area contributed by atoms with Gasteiger partial charge < -0.3 is 29.6 Å². The lowest BCUT2D eigenvalue weighted by Gasteiger charge is -2.20. The smallest absolute Gasteiger partial charge is 0.0691 e. The molecule has 0 unspecified atom stereocenters. The van der Waals surface area contributed by atoms with E-state index in [0.717, 1.165) is 67.7 Å². The minimum atomic E-state index is 0.990. The third-order valence-electron chi connectivity index (χ3n) is 15.1. The average Bonchev–Trinajstić information content (AvgIpc) is 4.23. The van der Waals surface area contributed by atoms with Crippen LogP contribution in [-0.4, -0.2) is 118 Å². The molecule has 2 aliphatic heterocycles. The highest BCUT2D eigenvalue weighted by Gasteiger charge is 2.18. The van der Waals surface area contributed by atoms with Gasteiger partial charge in [-0.15, -0.1) is 0 Å². The molecule has 0 atom stereocenters. The number of nitrogens with one attached hydrogen (secondary N) is 2. The Balaban J connectivity index is 1.58. The Morgan fingerprint density at radius 1 is 0.278 bits per heavy atom. The van der Waals surface area contributed by atoms with Gasteiger partial charge in [-0.25, -0.2) is 9.97 Å². The Morgan fingerprint density at radius 3 is 0.792 bits per heavy atom. The summed E-state index contributed by atoms with van der Waals surface area (Å²) in [6, 6.07) is 9.49. The third-order valence-corrected chi connectivity index (χ3v) is 15.1. The number of aromatic nitrogens is 4. The number of nitrogens with zero attached hydrogens (tertiary/aromatic N) is 6. The summed E-state index contributed by atoms with van der Waals surface area (Å²) in [6.45, 7) is 33.0. The second-order valence-corrected chi connectivity index (χ2v) is 21.5. The van der Waals surface area contributed by atoms with Crippen LogP contribution in [0.3, 0.4) is 0 Å². The Kier molecular flexibility index (Phi) is 28.7. The second-order valence-electron chi connectivity index (χ2n) is 21.5. The van der Waals surface area contributed by atoms with E-state index in [9.17, 15) is 0 Å². The molecule has 3 aromatic heterocycles. The maximum absolute atomic E-state index is 5.61. The maximum Gasteiger partial charge on any atom is 0.0691 e. The molecule has 5 rings (SSSR count). The van der Waals surface area contributed by atoms with Crippen molar-refractivity contribution in [3.63, 3.8) is 0 Å². The van der Waals surface area contributed by atoms with E-state index in [4.69, 9.17) is 9.97 Å². The summed E-state index contributed by atoms with van der Waals surface area (Å²) >= 11 is 0. The lowest BCUT2D eigenvalue weighted by Crippen LogP contribution is -2.26. The monoisotopic (exact) mass is 987 g/mol. The third kappa shape index (κ3) is 19.6. The van der Waals surface area contributed by atoms with Gasteiger partial charge in [-0.3, -0.25) is 0 Å². The number of aromatic amines is 2. The van der Waals surface area contributed by atoms with E-state index < -0.39 is 0 Å². The molecule has 0 fully saturated rings. The maximum atomic E-state index is 5.61. The van der Waals surface area contributed by atoms with Gasteiger partial charge in [0.15, 0.2) is 0 Å². The van der Waals surface area contributed by atoms with Crippen LogP contribution in [0.15, 0.2) is 24.3 Å². The number of hydrogen-bond donors (Lipinski definition) is 2. The van der Waals surface area contributed by atoms with Crippen LogP contribution in [-0.2, 0) is 25.7 Å².